The Bertz CT molecular complexity index is 1020. The average molecular weight is 464 g/mol. The topological polar surface area (TPSA) is 47.9 Å². The minimum atomic E-state index is -0.656. The lowest BCUT2D eigenvalue weighted by molar-refractivity contribution is -0.142. The molecule has 3 aromatic rings. The third-order valence-corrected chi connectivity index (χ3v) is 5.97. The lowest BCUT2D eigenvalue weighted by atomic mass is 9.96. The smallest absolute Gasteiger partial charge is 0.330 e. The Morgan fingerprint density at radius 2 is 1.57 bits per heavy atom. The molecule has 0 spiro atoms. The molecule has 4 nitrogen and oxygen atoms in total. The summed E-state index contributed by atoms with van der Waals surface area (Å²) < 4.78 is 11.8. The number of benzene rings is 3. The third-order valence-electron chi connectivity index (χ3n) is 5.23. The van der Waals surface area contributed by atoms with Crippen LogP contribution in [0, 0.1) is 0 Å². The first-order chi connectivity index (χ1) is 14.7. The Hall–Kier alpha value is -2.76. The van der Waals surface area contributed by atoms with Crippen molar-refractivity contribution in [1.82, 2.24) is 0 Å². The van der Waals surface area contributed by atoms with Gasteiger partial charge in [0.2, 0.25) is 0 Å². The van der Waals surface area contributed by atoms with E-state index in [0.717, 1.165) is 38.0 Å². The number of hydrogen-bond donors (Lipinski definition) is 0. The van der Waals surface area contributed by atoms with Crippen LogP contribution in [0.15, 0.2) is 82.3 Å². The molecule has 1 atom stereocenters. The van der Waals surface area contributed by atoms with Gasteiger partial charge in [0.05, 0.1) is 26.0 Å². The summed E-state index contributed by atoms with van der Waals surface area (Å²) in [6, 6.07) is 23.2. The second-order valence-electron chi connectivity index (χ2n) is 7.11. The minimum Gasteiger partial charge on any atom is -0.467 e. The molecule has 0 N–H and O–H groups in total. The van der Waals surface area contributed by atoms with Crippen molar-refractivity contribution in [1.29, 1.82) is 0 Å². The number of methoxy groups -OCH3 is 1. The molecular formula is C25H22BrNO3. The van der Waals surface area contributed by atoms with Crippen molar-refractivity contribution < 1.29 is 14.3 Å². The molecule has 0 radical (unpaired) electrons. The molecule has 5 heteroatoms. The highest BCUT2D eigenvalue weighted by atomic mass is 79.9. The van der Waals surface area contributed by atoms with Gasteiger partial charge in [-0.3, -0.25) is 4.99 Å². The number of ether oxygens (including phenoxy) is 2. The molecule has 1 aliphatic rings. The first-order valence-electron chi connectivity index (χ1n) is 9.80. The predicted octanol–water partition coefficient (Wildman–Crippen LogP) is 5.10. The van der Waals surface area contributed by atoms with E-state index in [0.29, 0.717) is 19.6 Å². The van der Waals surface area contributed by atoms with Crippen LogP contribution in [0.4, 0.5) is 0 Å². The monoisotopic (exact) mass is 463 g/mol. The van der Waals surface area contributed by atoms with E-state index < -0.39 is 6.04 Å². The molecule has 4 rings (SSSR count). The molecule has 152 valence electrons. The number of nitrogens with zero attached hydrogens (tertiary/aromatic N) is 1. The van der Waals surface area contributed by atoms with Crippen molar-refractivity contribution in [3.05, 3.63) is 105 Å². The van der Waals surface area contributed by atoms with Crippen LogP contribution in [0.5, 0.6) is 0 Å². The van der Waals surface area contributed by atoms with Crippen LogP contribution in [0.3, 0.4) is 0 Å². The lowest BCUT2D eigenvalue weighted by Crippen LogP contribution is -2.25. The van der Waals surface area contributed by atoms with Gasteiger partial charge in [-0.15, -0.1) is 0 Å². The molecule has 3 aromatic carbocycles. The molecule has 0 aromatic heterocycles. The summed E-state index contributed by atoms with van der Waals surface area (Å²) in [6.07, 6.45) is 0.453. The predicted molar refractivity (Wildman–Crippen MR) is 121 cm³/mol. The number of aliphatic imine (C=N–C) groups is 1. The number of carbonyl (C=O) groups excluding carboxylic acids is 1. The van der Waals surface area contributed by atoms with Gasteiger partial charge >= 0.3 is 5.97 Å². The molecule has 0 saturated carbocycles. The highest BCUT2D eigenvalue weighted by Crippen LogP contribution is 2.31. The zero-order chi connectivity index (χ0) is 20.9. The zero-order valence-corrected chi connectivity index (χ0v) is 18.3. The van der Waals surface area contributed by atoms with Crippen molar-refractivity contribution in [3.8, 4) is 0 Å². The van der Waals surface area contributed by atoms with Crippen LogP contribution >= 0.6 is 15.9 Å². The van der Waals surface area contributed by atoms with E-state index in [2.05, 4.69) is 15.9 Å². The Labute approximate surface area is 184 Å². The maximum atomic E-state index is 12.7. The molecule has 0 bridgehead atoms. The first kappa shape index (κ1) is 20.5. The fraction of sp³-hybridized carbons (Fsp3) is 0.200. The molecule has 0 unspecified atom stereocenters. The Balaban J connectivity index is 1.77. The fourth-order valence-electron chi connectivity index (χ4n) is 3.68. The lowest BCUT2D eigenvalue weighted by Gasteiger charge is -2.16. The van der Waals surface area contributed by atoms with Gasteiger partial charge in [-0.2, -0.15) is 0 Å². The summed E-state index contributed by atoms with van der Waals surface area (Å²) in [5, 5.41) is 0. The average Bonchev–Trinajstić information content (AvgIpc) is 3.30. The molecular weight excluding hydrogens is 442 g/mol. The van der Waals surface area contributed by atoms with E-state index in [9.17, 15) is 4.79 Å². The Kier molecular flexibility index (Phi) is 6.41. The quantitative estimate of drug-likeness (QED) is 0.377. The van der Waals surface area contributed by atoms with Crippen molar-refractivity contribution >= 4 is 27.6 Å². The normalized spacial score (nSPS) is 13.4. The maximum Gasteiger partial charge on any atom is 0.330 e. The molecule has 1 aliphatic heterocycles. The summed E-state index contributed by atoms with van der Waals surface area (Å²) in [4.78, 5) is 17.6. The number of hydrogen-bond acceptors (Lipinski definition) is 4. The summed E-state index contributed by atoms with van der Waals surface area (Å²) in [5.74, 6) is -0.352. The van der Waals surface area contributed by atoms with Crippen molar-refractivity contribution in [2.45, 2.75) is 25.7 Å². The SMILES string of the molecule is COC(=O)[C@H](Cc1ccc(Br)c2c1COC2)N=C(c1ccccc1)c1ccccc1. The van der Waals surface area contributed by atoms with E-state index in [-0.39, 0.29) is 5.97 Å². The van der Waals surface area contributed by atoms with Crippen molar-refractivity contribution in [2.75, 3.05) is 7.11 Å². The van der Waals surface area contributed by atoms with Gasteiger partial charge in [0.15, 0.2) is 6.04 Å². The molecule has 0 amide bonds. The number of rotatable bonds is 6. The minimum absolute atomic E-state index is 0.352. The summed E-state index contributed by atoms with van der Waals surface area (Å²) >= 11 is 3.59. The van der Waals surface area contributed by atoms with Gasteiger partial charge in [-0.05, 0) is 22.8 Å². The number of carbonyl (C=O) groups is 1. The maximum absolute atomic E-state index is 12.7. The van der Waals surface area contributed by atoms with E-state index in [4.69, 9.17) is 14.5 Å². The van der Waals surface area contributed by atoms with Gasteiger partial charge in [-0.1, -0.05) is 82.7 Å². The van der Waals surface area contributed by atoms with E-state index >= 15 is 0 Å². The van der Waals surface area contributed by atoms with Crippen LogP contribution in [0.2, 0.25) is 0 Å². The molecule has 1 heterocycles. The molecule has 30 heavy (non-hydrogen) atoms. The molecule has 0 saturated heterocycles. The van der Waals surface area contributed by atoms with Crippen molar-refractivity contribution in [3.63, 3.8) is 0 Å². The van der Waals surface area contributed by atoms with E-state index in [1.54, 1.807) is 0 Å². The van der Waals surface area contributed by atoms with Crippen LogP contribution in [0.25, 0.3) is 0 Å². The summed E-state index contributed by atoms with van der Waals surface area (Å²) in [6.45, 7) is 1.13. The van der Waals surface area contributed by atoms with Crippen LogP contribution in [-0.4, -0.2) is 24.8 Å². The highest BCUT2D eigenvalue weighted by Gasteiger charge is 2.25. The largest absolute Gasteiger partial charge is 0.467 e. The van der Waals surface area contributed by atoms with Crippen LogP contribution in [-0.2, 0) is 33.9 Å². The number of esters is 1. The number of fused-ring (bicyclic) bond motifs is 1. The van der Waals surface area contributed by atoms with Gasteiger partial charge in [-0.25, -0.2) is 4.79 Å². The molecule has 0 fully saturated rings. The Morgan fingerprint density at radius 1 is 0.967 bits per heavy atom. The molecule has 0 aliphatic carbocycles. The van der Waals surface area contributed by atoms with Crippen LogP contribution < -0.4 is 0 Å². The summed E-state index contributed by atoms with van der Waals surface area (Å²) in [5.41, 5.74) is 6.03. The van der Waals surface area contributed by atoms with E-state index in [1.807, 2.05) is 72.8 Å². The summed E-state index contributed by atoms with van der Waals surface area (Å²) in [7, 11) is 1.41. The third kappa shape index (κ3) is 4.37. The van der Waals surface area contributed by atoms with Gasteiger partial charge in [0.25, 0.3) is 0 Å². The second kappa shape index (κ2) is 9.37. The van der Waals surface area contributed by atoms with E-state index in [1.165, 1.54) is 7.11 Å². The van der Waals surface area contributed by atoms with Gasteiger partial charge in [0, 0.05) is 22.0 Å². The second-order valence-corrected chi connectivity index (χ2v) is 7.96. The van der Waals surface area contributed by atoms with Gasteiger partial charge < -0.3 is 9.47 Å². The highest BCUT2D eigenvalue weighted by molar-refractivity contribution is 9.10. The first-order valence-corrected chi connectivity index (χ1v) is 10.6. The fourth-order valence-corrected chi connectivity index (χ4v) is 4.17. The van der Waals surface area contributed by atoms with Crippen LogP contribution in [0.1, 0.15) is 27.8 Å². The number of halogens is 1. The standard InChI is InChI=1S/C25H22BrNO3/c1-29-25(28)23(14-19-12-13-22(26)21-16-30-15-20(19)21)27-24(17-8-4-2-5-9-17)18-10-6-3-7-11-18/h2-13,23H,14-16H2,1H3/t23-/m0/s1. The Morgan fingerprint density at radius 3 is 2.17 bits per heavy atom. The zero-order valence-electron chi connectivity index (χ0n) is 16.7. The van der Waals surface area contributed by atoms with Crippen molar-refractivity contribution in [2.24, 2.45) is 4.99 Å². The van der Waals surface area contributed by atoms with Gasteiger partial charge in [0.1, 0.15) is 0 Å².